The number of nitrogens with one attached hydrogen (secondary N) is 1. The van der Waals surface area contributed by atoms with Gasteiger partial charge in [-0.2, -0.15) is 0 Å². The minimum Gasteiger partial charge on any atom is -0.396 e. The second kappa shape index (κ2) is 8.02. The van der Waals surface area contributed by atoms with Crippen molar-refractivity contribution >= 4 is 0 Å². The first kappa shape index (κ1) is 10.9. The van der Waals surface area contributed by atoms with Gasteiger partial charge in [0.25, 0.3) is 0 Å². The molecule has 0 radical (unpaired) electrons. The minimum atomic E-state index is 0.377. The highest BCUT2D eigenvalue weighted by atomic mass is 16.3. The van der Waals surface area contributed by atoms with Crippen molar-refractivity contribution in [3.63, 3.8) is 0 Å². The minimum absolute atomic E-state index is 0.377. The molecule has 0 aromatic carbocycles. The molecule has 2 heteroatoms. The summed E-state index contributed by atoms with van der Waals surface area (Å²) in [5, 5.41) is 11.9. The molecule has 0 bridgehead atoms. The molecule has 1 fully saturated rings. The van der Waals surface area contributed by atoms with Gasteiger partial charge in [0.15, 0.2) is 0 Å². The van der Waals surface area contributed by atoms with Crippen LogP contribution < -0.4 is 5.32 Å². The van der Waals surface area contributed by atoms with Gasteiger partial charge < -0.3 is 10.4 Å². The molecule has 0 atom stereocenters. The fraction of sp³-hybridized carbons (Fsp3) is 1.00. The maximum absolute atomic E-state index is 8.66. The number of hydrogen-bond acceptors (Lipinski definition) is 2. The van der Waals surface area contributed by atoms with Crippen LogP contribution >= 0.6 is 0 Å². The Morgan fingerprint density at radius 2 is 1.73 bits per heavy atom. The normalized spacial score (nSPS) is 18.8. The van der Waals surface area contributed by atoms with Gasteiger partial charge in [-0.05, 0) is 31.8 Å². The molecule has 0 aromatic rings. The van der Waals surface area contributed by atoms with Crippen LogP contribution in [-0.2, 0) is 0 Å². The average Bonchev–Trinajstić information content (AvgIpc) is 2.08. The third-order valence-corrected chi connectivity index (χ3v) is 1.72. The van der Waals surface area contributed by atoms with Gasteiger partial charge in [-0.1, -0.05) is 20.3 Å². The number of rotatable bonds is 1. The van der Waals surface area contributed by atoms with Gasteiger partial charge in [-0.15, -0.1) is 0 Å². The van der Waals surface area contributed by atoms with Crippen LogP contribution in [0, 0.1) is 5.92 Å². The van der Waals surface area contributed by atoms with Crippen LogP contribution in [0.25, 0.3) is 0 Å². The van der Waals surface area contributed by atoms with Gasteiger partial charge in [-0.25, -0.2) is 0 Å². The second-order valence-corrected chi connectivity index (χ2v) is 3.08. The van der Waals surface area contributed by atoms with Crippen LogP contribution in [0.15, 0.2) is 0 Å². The monoisotopic (exact) mass is 159 g/mol. The Bertz CT molecular complexity index is 70.0. The molecule has 0 amide bonds. The summed E-state index contributed by atoms with van der Waals surface area (Å²) in [7, 11) is 0. The van der Waals surface area contributed by atoms with Crippen molar-refractivity contribution in [2.45, 2.75) is 33.1 Å². The summed E-state index contributed by atoms with van der Waals surface area (Å²) in [6.07, 6.45) is 3.55. The Kier molecular flexibility index (Phi) is 7.96. The molecule has 0 unspecified atom stereocenters. The molecule has 2 N–H and O–H groups in total. The highest BCUT2D eigenvalue weighted by Gasteiger charge is 2.09. The third-order valence-electron chi connectivity index (χ3n) is 1.72. The summed E-state index contributed by atoms with van der Waals surface area (Å²) >= 11 is 0. The van der Waals surface area contributed by atoms with Crippen LogP contribution in [0.4, 0.5) is 0 Å². The van der Waals surface area contributed by atoms with E-state index in [1.165, 1.54) is 6.42 Å². The Labute approximate surface area is 70.0 Å². The zero-order valence-electron chi connectivity index (χ0n) is 7.77. The van der Waals surface area contributed by atoms with Crippen LogP contribution in [0.3, 0.4) is 0 Å². The summed E-state index contributed by atoms with van der Waals surface area (Å²) in [4.78, 5) is 0. The van der Waals surface area contributed by atoms with Crippen LogP contribution in [-0.4, -0.2) is 24.8 Å². The van der Waals surface area contributed by atoms with Crippen molar-refractivity contribution in [2.24, 2.45) is 5.92 Å². The predicted molar refractivity (Wildman–Crippen MR) is 48.6 cm³/mol. The standard InChI is InChI=1S/C6H13NO.C3H8/c8-5-6-1-3-7-4-2-6;1-3-2/h6-8H,1-5H2;3H2,1-2H3. The van der Waals surface area contributed by atoms with Gasteiger partial charge in [0.2, 0.25) is 0 Å². The fourth-order valence-electron chi connectivity index (χ4n) is 1.06. The molecule has 1 heterocycles. The molecule has 0 aromatic heterocycles. The maximum atomic E-state index is 8.66. The van der Waals surface area contributed by atoms with Gasteiger partial charge in [-0.3, -0.25) is 0 Å². The molecular weight excluding hydrogens is 138 g/mol. The predicted octanol–water partition coefficient (Wildman–Crippen LogP) is 1.39. The summed E-state index contributed by atoms with van der Waals surface area (Å²) in [5.74, 6) is 0.580. The third kappa shape index (κ3) is 6.32. The van der Waals surface area contributed by atoms with E-state index in [1.807, 2.05) is 0 Å². The first-order valence-electron chi connectivity index (χ1n) is 4.66. The van der Waals surface area contributed by atoms with E-state index >= 15 is 0 Å². The largest absolute Gasteiger partial charge is 0.396 e. The Morgan fingerprint density at radius 1 is 1.27 bits per heavy atom. The summed E-state index contributed by atoms with van der Waals surface area (Å²) in [5.41, 5.74) is 0. The Balaban J connectivity index is 0.000000292. The molecule has 0 aliphatic carbocycles. The highest BCUT2D eigenvalue weighted by molar-refractivity contribution is 4.66. The van der Waals surface area contributed by atoms with E-state index in [-0.39, 0.29) is 0 Å². The molecule has 11 heavy (non-hydrogen) atoms. The molecule has 1 rings (SSSR count). The van der Waals surface area contributed by atoms with Gasteiger partial charge in [0.05, 0.1) is 0 Å². The first-order valence-corrected chi connectivity index (χ1v) is 4.66. The lowest BCUT2D eigenvalue weighted by molar-refractivity contribution is 0.196. The molecule has 1 aliphatic heterocycles. The fourth-order valence-corrected chi connectivity index (χ4v) is 1.06. The summed E-state index contributed by atoms with van der Waals surface area (Å²) in [6, 6.07) is 0. The lowest BCUT2D eigenvalue weighted by Gasteiger charge is -2.19. The van der Waals surface area contributed by atoms with E-state index < -0.39 is 0 Å². The highest BCUT2D eigenvalue weighted by Crippen LogP contribution is 2.08. The number of aliphatic hydroxyl groups excluding tert-OH is 1. The molecule has 0 saturated carbocycles. The van der Waals surface area contributed by atoms with E-state index in [0.717, 1.165) is 25.9 Å². The van der Waals surface area contributed by atoms with Gasteiger partial charge in [0.1, 0.15) is 0 Å². The van der Waals surface area contributed by atoms with E-state index in [4.69, 9.17) is 5.11 Å². The van der Waals surface area contributed by atoms with Crippen molar-refractivity contribution < 1.29 is 5.11 Å². The van der Waals surface area contributed by atoms with Gasteiger partial charge >= 0.3 is 0 Å². The molecule has 0 spiro atoms. The van der Waals surface area contributed by atoms with Crippen molar-refractivity contribution in [2.75, 3.05) is 19.7 Å². The Hall–Kier alpha value is -0.0800. The first-order chi connectivity index (χ1) is 5.35. The topological polar surface area (TPSA) is 32.3 Å². The van der Waals surface area contributed by atoms with E-state index in [2.05, 4.69) is 19.2 Å². The van der Waals surface area contributed by atoms with Crippen molar-refractivity contribution in [1.29, 1.82) is 0 Å². The van der Waals surface area contributed by atoms with E-state index in [0.29, 0.717) is 12.5 Å². The van der Waals surface area contributed by atoms with Crippen LogP contribution in [0.5, 0.6) is 0 Å². The smallest absolute Gasteiger partial charge is 0.0460 e. The molecular formula is C9H21NO. The lowest BCUT2D eigenvalue weighted by Crippen LogP contribution is -2.29. The quantitative estimate of drug-likeness (QED) is 0.606. The Morgan fingerprint density at radius 3 is 2.00 bits per heavy atom. The van der Waals surface area contributed by atoms with Crippen molar-refractivity contribution in [3.8, 4) is 0 Å². The molecule has 1 saturated heterocycles. The molecule has 1 aliphatic rings. The van der Waals surface area contributed by atoms with Crippen LogP contribution in [0.2, 0.25) is 0 Å². The molecule has 68 valence electrons. The van der Waals surface area contributed by atoms with Gasteiger partial charge in [0, 0.05) is 6.61 Å². The lowest BCUT2D eigenvalue weighted by atomic mass is 10.00. The zero-order chi connectivity index (χ0) is 8.53. The second-order valence-electron chi connectivity index (χ2n) is 3.08. The van der Waals surface area contributed by atoms with Crippen molar-refractivity contribution in [1.82, 2.24) is 5.32 Å². The van der Waals surface area contributed by atoms with E-state index in [9.17, 15) is 0 Å². The molecule has 2 nitrogen and oxygen atoms in total. The number of aliphatic hydroxyl groups is 1. The number of piperidine rings is 1. The van der Waals surface area contributed by atoms with Crippen LogP contribution in [0.1, 0.15) is 33.1 Å². The van der Waals surface area contributed by atoms with Crippen molar-refractivity contribution in [3.05, 3.63) is 0 Å². The zero-order valence-corrected chi connectivity index (χ0v) is 7.77. The maximum Gasteiger partial charge on any atom is 0.0460 e. The SMILES string of the molecule is CCC.OCC1CCNCC1. The summed E-state index contributed by atoms with van der Waals surface area (Å²) < 4.78 is 0. The average molecular weight is 159 g/mol. The summed E-state index contributed by atoms with van der Waals surface area (Å²) in [6.45, 7) is 6.80. The number of hydrogen-bond donors (Lipinski definition) is 2. The van der Waals surface area contributed by atoms with E-state index in [1.54, 1.807) is 0 Å².